The Morgan fingerprint density at radius 1 is 1.22 bits per heavy atom. The van der Waals surface area contributed by atoms with Crippen molar-refractivity contribution in [2.75, 3.05) is 13.1 Å². The summed E-state index contributed by atoms with van der Waals surface area (Å²) < 4.78 is 0. The van der Waals surface area contributed by atoms with E-state index in [4.69, 9.17) is 0 Å². The zero-order valence-electron chi connectivity index (χ0n) is 15.9. The zero-order chi connectivity index (χ0) is 19.0. The molecule has 1 N–H and O–H groups in total. The van der Waals surface area contributed by atoms with Gasteiger partial charge in [0.15, 0.2) is 0 Å². The molecule has 0 aromatic heterocycles. The average molecular weight is 369 g/mol. The molecule has 4 amide bonds. The van der Waals surface area contributed by atoms with Gasteiger partial charge in [0, 0.05) is 12.6 Å². The van der Waals surface area contributed by atoms with Gasteiger partial charge in [-0.1, -0.05) is 31.2 Å². The molecule has 0 saturated carbocycles. The molecule has 2 fully saturated rings. The van der Waals surface area contributed by atoms with Gasteiger partial charge >= 0.3 is 6.03 Å². The Bertz CT molecular complexity index is 778. The molecule has 144 valence electrons. The number of hydrogen-bond acceptors (Lipinski definition) is 3. The fourth-order valence-electron chi connectivity index (χ4n) is 4.93. The zero-order valence-corrected chi connectivity index (χ0v) is 15.9. The molecule has 27 heavy (non-hydrogen) atoms. The normalized spacial score (nSPS) is 27.7. The fraction of sp³-hybridized carbons (Fsp3) is 0.571. The van der Waals surface area contributed by atoms with Crippen molar-refractivity contribution >= 4 is 17.8 Å². The lowest BCUT2D eigenvalue weighted by atomic mass is 9.76. The Hall–Kier alpha value is -2.37. The van der Waals surface area contributed by atoms with E-state index in [1.54, 1.807) is 0 Å². The molecule has 6 heteroatoms. The lowest BCUT2D eigenvalue weighted by Crippen LogP contribution is -2.50. The van der Waals surface area contributed by atoms with Crippen LogP contribution in [-0.4, -0.2) is 46.8 Å². The Kier molecular flexibility index (Phi) is 4.66. The number of carbonyl (C=O) groups excluding carboxylic acids is 3. The van der Waals surface area contributed by atoms with Crippen LogP contribution in [-0.2, 0) is 21.5 Å². The number of nitrogens with zero attached hydrogens (tertiary/aromatic N) is 2. The van der Waals surface area contributed by atoms with Crippen molar-refractivity contribution in [3.8, 4) is 0 Å². The minimum Gasteiger partial charge on any atom is -0.338 e. The van der Waals surface area contributed by atoms with E-state index >= 15 is 0 Å². The molecule has 3 aliphatic rings. The van der Waals surface area contributed by atoms with Crippen LogP contribution in [0.2, 0.25) is 0 Å². The third kappa shape index (κ3) is 2.91. The number of piperidine rings is 1. The van der Waals surface area contributed by atoms with Crippen molar-refractivity contribution in [2.24, 2.45) is 0 Å². The Morgan fingerprint density at radius 3 is 2.85 bits per heavy atom. The van der Waals surface area contributed by atoms with E-state index in [0.29, 0.717) is 6.42 Å². The van der Waals surface area contributed by atoms with Crippen LogP contribution in [0.25, 0.3) is 0 Å². The fourth-order valence-corrected chi connectivity index (χ4v) is 4.93. The number of hydrogen-bond donors (Lipinski definition) is 1. The van der Waals surface area contributed by atoms with E-state index in [0.717, 1.165) is 61.1 Å². The number of amides is 4. The number of carbonyl (C=O) groups is 3. The largest absolute Gasteiger partial charge is 0.338 e. The Labute approximate surface area is 159 Å². The van der Waals surface area contributed by atoms with Gasteiger partial charge in [0.1, 0.15) is 12.1 Å². The average Bonchev–Trinajstić information content (AvgIpc) is 2.93. The Morgan fingerprint density at radius 2 is 2.04 bits per heavy atom. The molecular formula is C21H27N3O3. The number of likely N-dealkylation sites (tertiary alicyclic amines) is 1. The molecule has 2 atom stereocenters. The van der Waals surface area contributed by atoms with Crippen LogP contribution >= 0.6 is 0 Å². The molecule has 2 heterocycles. The predicted molar refractivity (Wildman–Crippen MR) is 101 cm³/mol. The third-order valence-corrected chi connectivity index (χ3v) is 6.36. The molecule has 2 saturated heterocycles. The number of nitrogens with one attached hydrogen (secondary N) is 1. The van der Waals surface area contributed by atoms with E-state index in [1.165, 1.54) is 0 Å². The molecule has 6 nitrogen and oxygen atoms in total. The van der Waals surface area contributed by atoms with Crippen molar-refractivity contribution in [3.05, 3.63) is 35.4 Å². The minimum atomic E-state index is -1.00. The molecule has 4 rings (SSSR count). The van der Waals surface area contributed by atoms with Crippen LogP contribution < -0.4 is 5.32 Å². The monoisotopic (exact) mass is 369 g/mol. The molecule has 0 unspecified atom stereocenters. The molecule has 0 radical (unpaired) electrons. The number of rotatable bonds is 3. The maximum Gasteiger partial charge on any atom is 0.325 e. The second-order valence-corrected chi connectivity index (χ2v) is 7.88. The Balaban J connectivity index is 1.57. The highest BCUT2D eigenvalue weighted by Gasteiger charge is 2.54. The summed E-state index contributed by atoms with van der Waals surface area (Å²) in [6, 6.07) is 7.57. The predicted octanol–water partition coefficient (Wildman–Crippen LogP) is 2.56. The number of imide groups is 1. The van der Waals surface area contributed by atoms with Crippen LogP contribution in [0, 0.1) is 0 Å². The van der Waals surface area contributed by atoms with Crippen LogP contribution in [0.1, 0.15) is 56.6 Å². The quantitative estimate of drug-likeness (QED) is 0.833. The molecule has 1 aromatic rings. The summed E-state index contributed by atoms with van der Waals surface area (Å²) in [5.74, 6) is -0.399. The third-order valence-electron chi connectivity index (χ3n) is 6.36. The SMILES string of the molecule is CC[C@@H]1CCCCN1C(=O)CN1C(=O)N[C@]2(CCCc3ccccc32)C1=O. The highest BCUT2D eigenvalue weighted by molar-refractivity contribution is 6.09. The van der Waals surface area contributed by atoms with Crippen molar-refractivity contribution in [1.82, 2.24) is 15.1 Å². The number of benzene rings is 1. The van der Waals surface area contributed by atoms with E-state index < -0.39 is 11.6 Å². The molecule has 1 aliphatic carbocycles. The topological polar surface area (TPSA) is 69.7 Å². The summed E-state index contributed by atoms with van der Waals surface area (Å²) in [4.78, 5) is 41.8. The lowest BCUT2D eigenvalue weighted by molar-refractivity contribution is -0.141. The van der Waals surface area contributed by atoms with Gasteiger partial charge in [-0.05, 0) is 56.1 Å². The van der Waals surface area contributed by atoms with E-state index in [2.05, 4.69) is 12.2 Å². The van der Waals surface area contributed by atoms with Crippen molar-refractivity contribution in [3.63, 3.8) is 0 Å². The first kappa shape index (κ1) is 18.0. The maximum atomic E-state index is 13.3. The first-order valence-corrected chi connectivity index (χ1v) is 10.1. The lowest BCUT2D eigenvalue weighted by Gasteiger charge is -2.36. The van der Waals surface area contributed by atoms with Crippen molar-refractivity contribution in [2.45, 2.75) is 63.5 Å². The smallest absolute Gasteiger partial charge is 0.325 e. The number of fused-ring (bicyclic) bond motifs is 2. The molecular weight excluding hydrogens is 342 g/mol. The first-order valence-electron chi connectivity index (χ1n) is 10.1. The summed E-state index contributed by atoms with van der Waals surface area (Å²) in [6.07, 6.45) is 6.36. The van der Waals surface area contributed by atoms with Gasteiger partial charge in [0.2, 0.25) is 5.91 Å². The molecule has 1 spiro atoms. The van der Waals surface area contributed by atoms with Gasteiger partial charge in [-0.2, -0.15) is 0 Å². The van der Waals surface area contributed by atoms with Gasteiger partial charge in [0.25, 0.3) is 5.91 Å². The summed E-state index contributed by atoms with van der Waals surface area (Å²) in [6.45, 7) is 2.64. The molecule has 0 bridgehead atoms. The molecule has 1 aromatic carbocycles. The highest BCUT2D eigenvalue weighted by atomic mass is 16.2. The van der Waals surface area contributed by atoms with Gasteiger partial charge in [-0.3, -0.25) is 14.5 Å². The molecule has 2 aliphatic heterocycles. The highest BCUT2D eigenvalue weighted by Crippen LogP contribution is 2.39. The summed E-state index contributed by atoms with van der Waals surface area (Å²) in [7, 11) is 0. The van der Waals surface area contributed by atoms with Gasteiger partial charge < -0.3 is 10.2 Å². The van der Waals surface area contributed by atoms with Crippen molar-refractivity contribution in [1.29, 1.82) is 0 Å². The van der Waals surface area contributed by atoms with Crippen molar-refractivity contribution < 1.29 is 14.4 Å². The van der Waals surface area contributed by atoms with E-state index in [9.17, 15) is 14.4 Å². The van der Waals surface area contributed by atoms with Gasteiger partial charge in [-0.15, -0.1) is 0 Å². The van der Waals surface area contributed by atoms with Crippen LogP contribution in [0.15, 0.2) is 24.3 Å². The second kappa shape index (κ2) is 6.98. The number of aryl methyl sites for hydroxylation is 1. The number of urea groups is 1. The standard InChI is InChI=1S/C21H27N3O3/c1-2-16-10-5-6-13-23(16)18(25)14-24-19(26)21(22-20(24)27)12-7-9-15-8-3-4-11-17(15)21/h3-4,8,11,16H,2,5-7,9-10,12-14H2,1H3,(H,22,27)/t16-,21+/m1/s1. The second-order valence-electron chi connectivity index (χ2n) is 7.88. The minimum absolute atomic E-state index is 0.119. The summed E-state index contributed by atoms with van der Waals surface area (Å²) >= 11 is 0. The van der Waals surface area contributed by atoms with E-state index in [1.807, 2.05) is 29.2 Å². The first-order chi connectivity index (χ1) is 13.1. The van der Waals surface area contributed by atoms with Gasteiger partial charge in [0.05, 0.1) is 0 Å². The van der Waals surface area contributed by atoms with Gasteiger partial charge in [-0.25, -0.2) is 4.79 Å². The maximum absolute atomic E-state index is 13.3. The summed E-state index contributed by atoms with van der Waals surface area (Å²) in [5.41, 5.74) is 0.986. The van der Waals surface area contributed by atoms with E-state index in [-0.39, 0.29) is 24.4 Å². The van der Waals surface area contributed by atoms with Crippen LogP contribution in [0.5, 0.6) is 0 Å². The van der Waals surface area contributed by atoms with Crippen LogP contribution in [0.4, 0.5) is 4.79 Å². The summed E-state index contributed by atoms with van der Waals surface area (Å²) in [5, 5.41) is 2.93. The van der Waals surface area contributed by atoms with Crippen LogP contribution in [0.3, 0.4) is 0 Å².